The molecule has 0 bridgehead atoms. The van der Waals surface area contributed by atoms with Gasteiger partial charge in [-0.1, -0.05) is 0 Å². The van der Waals surface area contributed by atoms with Crippen LogP contribution >= 0.6 is 0 Å². The summed E-state index contributed by atoms with van der Waals surface area (Å²) in [6, 6.07) is 11.2. The van der Waals surface area contributed by atoms with Crippen LogP contribution in [0.15, 0.2) is 36.4 Å². The van der Waals surface area contributed by atoms with Crippen molar-refractivity contribution in [2.45, 2.75) is 0 Å². The Morgan fingerprint density at radius 1 is 1.11 bits per heavy atom. The molecule has 2 aromatic rings. The summed E-state index contributed by atoms with van der Waals surface area (Å²) in [5.74, 6) is 1.32. The van der Waals surface area contributed by atoms with Gasteiger partial charge in [-0.15, -0.1) is 10.2 Å². The van der Waals surface area contributed by atoms with E-state index in [-0.39, 0.29) is 0 Å². The average Bonchev–Trinajstić information content (AvgIpc) is 2.47. The van der Waals surface area contributed by atoms with Crippen molar-refractivity contribution in [3.63, 3.8) is 0 Å². The fourth-order valence-corrected chi connectivity index (χ4v) is 1.47. The molecule has 0 spiro atoms. The van der Waals surface area contributed by atoms with Gasteiger partial charge in [-0.2, -0.15) is 5.26 Å². The average molecular weight is 240 g/mol. The summed E-state index contributed by atoms with van der Waals surface area (Å²) in [6.07, 6.45) is 1.97. The zero-order valence-corrected chi connectivity index (χ0v) is 10.2. The molecule has 0 fully saturated rings. The van der Waals surface area contributed by atoms with E-state index in [4.69, 9.17) is 10.00 Å². The number of hydrogen-bond donors (Lipinski definition) is 0. The lowest BCUT2D eigenvalue weighted by Gasteiger charge is -2.07. The second kappa shape index (κ2) is 5.15. The van der Waals surface area contributed by atoms with Crippen LogP contribution in [0, 0.1) is 11.5 Å². The van der Waals surface area contributed by atoms with Crippen molar-refractivity contribution in [2.24, 2.45) is 0 Å². The van der Waals surface area contributed by atoms with Gasteiger partial charge in [-0.05, 0) is 36.4 Å². The summed E-state index contributed by atoms with van der Waals surface area (Å²) in [4.78, 5) is 1.35. The van der Waals surface area contributed by atoms with Crippen molar-refractivity contribution in [2.75, 3.05) is 19.1 Å². The Balaban J connectivity index is 2.26. The molecule has 2 rings (SSSR count). The van der Waals surface area contributed by atoms with Gasteiger partial charge in [0.05, 0.1) is 12.8 Å². The summed E-state index contributed by atoms with van der Waals surface area (Å²) < 4.78 is 5.09. The Morgan fingerprint density at radius 3 is 2.33 bits per heavy atom. The Kier molecular flexibility index (Phi) is 3.39. The molecule has 5 heteroatoms. The quantitative estimate of drug-likeness (QED) is 0.607. The molecule has 0 aliphatic heterocycles. The normalized spacial score (nSPS) is 9.61. The first-order valence-corrected chi connectivity index (χ1v) is 5.36. The number of hydrogen-bond acceptors (Lipinski definition) is 5. The van der Waals surface area contributed by atoms with Crippen molar-refractivity contribution in [1.82, 2.24) is 10.2 Å². The fraction of sp³-hybridized carbons (Fsp3) is 0.154. The molecule has 0 radical (unpaired) electrons. The van der Waals surface area contributed by atoms with Gasteiger partial charge >= 0.3 is 0 Å². The highest BCUT2D eigenvalue weighted by Crippen LogP contribution is 2.20. The minimum absolute atomic E-state index is 0.523. The molecule has 0 saturated carbocycles. The number of ether oxygens (including phenoxy) is 1. The van der Waals surface area contributed by atoms with Crippen molar-refractivity contribution in [1.29, 1.82) is 5.26 Å². The van der Waals surface area contributed by atoms with E-state index in [9.17, 15) is 0 Å². The number of rotatable bonds is 3. The van der Waals surface area contributed by atoms with E-state index in [1.165, 1.54) is 4.90 Å². The summed E-state index contributed by atoms with van der Waals surface area (Å²) in [6.45, 7) is 0. The standard InChI is InChI=1S/C13H12N4O/c1-17(9-14)13-8-7-12(15-16-13)10-3-5-11(18-2)6-4-10/h3-8H,1-2H3. The summed E-state index contributed by atoms with van der Waals surface area (Å²) in [7, 11) is 3.26. The van der Waals surface area contributed by atoms with Crippen LogP contribution in [0.2, 0.25) is 0 Å². The topological polar surface area (TPSA) is 62.0 Å². The molecular weight excluding hydrogens is 228 g/mol. The second-order valence-corrected chi connectivity index (χ2v) is 3.66. The Bertz CT molecular complexity index is 557. The van der Waals surface area contributed by atoms with Crippen LogP contribution < -0.4 is 9.64 Å². The van der Waals surface area contributed by atoms with Gasteiger partial charge in [0.2, 0.25) is 0 Å². The fourth-order valence-electron chi connectivity index (χ4n) is 1.47. The van der Waals surface area contributed by atoms with Crippen LogP contribution in [0.4, 0.5) is 5.82 Å². The number of anilines is 1. The third kappa shape index (κ3) is 2.38. The number of nitrogens with zero attached hydrogens (tertiary/aromatic N) is 4. The molecule has 0 unspecified atom stereocenters. The Hall–Kier alpha value is -2.61. The smallest absolute Gasteiger partial charge is 0.185 e. The lowest BCUT2D eigenvalue weighted by molar-refractivity contribution is 0.415. The Morgan fingerprint density at radius 2 is 1.83 bits per heavy atom. The minimum atomic E-state index is 0.523. The number of aromatic nitrogens is 2. The van der Waals surface area contributed by atoms with Crippen LogP contribution in [-0.2, 0) is 0 Å². The SMILES string of the molecule is COc1ccc(-c2ccc(N(C)C#N)nn2)cc1. The largest absolute Gasteiger partial charge is 0.497 e. The van der Waals surface area contributed by atoms with Gasteiger partial charge in [0.25, 0.3) is 0 Å². The van der Waals surface area contributed by atoms with Crippen LogP contribution in [0.1, 0.15) is 0 Å². The molecule has 0 saturated heterocycles. The van der Waals surface area contributed by atoms with Crippen molar-refractivity contribution < 1.29 is 4.74 Å². The molecule has 1 aromatic heterocycles. The zero-order valence-electron chi connectivity index (χ0n) is 10.2. The first-order chi connectivity index (χ1) is 8.74. The van der Waals surface area contributed by atoms with Crippen LogP contribution in [0.5, 0.6) is 5.75 Å². The maximum absolute atomic E-state index is 8.73. The lowest BCUT2D eigenvalue weighted by atomic mass is 10.1. The van der Waals surface area contributed by atoms with Crippen molar-refractivity contribution in [3.05, 3.63) is 36.4 Å². The first kappa shape index (κ1) is 11.9. The van der Waals surface area contributed by atoms with E-state index in [1.54, 1.807) is 20.2 Å². The molecule has 1 heterocycles. The van der Waals surface area contributed by atoms with Crippen molar-refractivity contribution >= 4 is 5.82 Å². The summed E-state index contributed by atoms with van der Waals surface area (Å²) in [5, 5.41) is 16.8. The van der Waals surface area contributed by atoms with Gasteiger partial charge < -0.3 is 4.74 Å². The molecule has 5 nitrogen and oxygen atoms in total. The third-order valence-electron chi connectivity index (χ3n) is 2.53. The maximum Gasteiger partial charge on any atom is 0.185 e. The third-order valence-corrected chi connectivity index (χ3v) is 2.53. The first-order valence-electron chi connectivity index (χ1n) is 5.36. The predicted octanol–water partition coefficient (Wildman–Crippen LogP) is 2.07. The highest BCUT2D eigenvalue weighted by Gasteiger charge is 2.04. The van der Waals surface area contributed by atoms with Gasteiger partial charge in [0.1, 0.15) is 5.75 Å². The van der Waals surface area contributed by atoms with E-state index in [0.29, 0.717) is 5.82 Å². The van der Waals surface area contributed by atoms with Crippen molar-refractivity contribution in [3.8, 4) is 23.2 Å². The molecule has 0 aliphatic carbocycles. The van der Waals surface area contributed by atoms with E-state index in [2.05, 4.69) is 10.2 Å². The molecule has 18 heavy (non-hydrogen) atoms. The lowest BCUT2D eigenvalue weighted by Crippen LogP contribution is -2.10. The van der Waals surface area contributed by atoms with Gasteiger partial charge in [0.15, 0.2) is 12.0 Å². The monoisotopic (exact) mass is 240 g/mol. The zero-order chi connectivity index (χ0) is 13.0. The highest BCUT2D eigenvalue weighted by atomic mass is 16.5. The molecule has 0 amide bonds. The molecule has 0 aliphatic rings. The molecule has 90 valence electrons. The summed E-state index contributed by atoms with van der Waals surface area (Å²) in [5.41, 5.74) is 1.71. The number of methoxy groups -OCH3 is 1. The van der Waals surface area contributed by atoms with E-state index in [0.717, 1.165) is 17.0 Å². The van der Waals surface area contributed by atoms with E-state index >= 15 is 0 Å². The second-order valence-electron chi connectivity index (χ2n) is 3.66. The highest BCUT2D eigenvalue weighted by molar-refractivity contribution is 5.60. The van der Waals surface area contributed by atoms with Crippen LogP contribution in [0.3, 0.4) is 0 Å². The number of nitriles is 1. The van der Waals surface area contributed by atoms with Crippen LogP contribution in [-0.4, -0.2) is 24.4 Å². The van der Waals surface area contributed by atoms with E-state index in [1.807, 2.05) is 36.5 Å². The Labute approximate surface area is 105 Å². The van der Waals surface area contributed by atoms with Gasteiger partial charge in [-0.25, -0.2) is 0 Å². The van der Waals surface area contributed by atoms with Gasteiger partial charge in [-0.3, -0.25) is 4.90 Å². The maximum atomic E-state index is 8.73. The predicted molar refractivity (Wildman–Crippen MR) is 68.0 cm³/mol. The van der Waals surface area contributed by atoms with Gasteiger partial charge in [0, 0.05) is 12.6 Å². The minimum Gasteiger partial charge on any atom is -0.497 e. The molecular formula is C13H12N4O. The number of benzene rings is 1. The molecule has 1 aromatic carbocycles. The summed E-state index contributed by atoms with van der Waals surface area (Å²) >= 11 is 0. The van der Waals surface area contributed by atoms with Crippen LogP contribution in [0.25, 0.3) is 11.3 Å². The molecule has 0 N–H and O–H groups in total. The van der Waals surface area contributed by atoms with E-state index < -0.39 is 0 Å². The molecule has 0 atom stereocenters.